The molecule has 2 rings (SSSR count). The van der Waals surface area contributed by atoms with Crippen LogP contribution in [0.2, 0.25) is 0 Å². The van der Waals surface area contributed by atoms with E-state index in [9.17, 15) is 18.5 Å². The number of nitrogens with two attached hydrogens (primary N) is 1. The van der Waals surface area contributed by atoms with Gasteiger partial charge in [-0.1, -0.05) is 11.3 Å². The summed E-state index contributed by atoms with van der Waals surface area (Å²) < 4.78 is 26.2. The molecule has 0 unspecified atom stereocenters. The Kier molecular flexibility index (Phi) is 3.89. The van der Waals surface area contributed by atoms with E-state index < -0.39 is 20.6 Å². The molecule has 2 aromatic heterocycles. The van der Waals surface area contributed by atoms with E-state index in [0.717, 1.165) is 22.3 Å². The number of nitro groups is 1. The predicted octanol–water partition coefficient (Wildman–Crippen LogP) is 1.51. The lowest BCUT2D eigenvalue weighted by Crippen LogP contribution is -2.11. The van der Waals surface area contributed by atoms with Gasteiger partial charge in [0.2, 0.25) is 0 Å². The zero-order valence-electron chi connectivity index (χ0n) is 9.98. The number of sulfonamides is 1. The molecule has 2 aromatic rings. The highest BCUT2D eigenvalue weighted by atomic mass is 32.2. The molecule has 0 atom stereocenters. The Morgan fingerprint density at radius 3 is 2.60 bits per heavy atom. The number of hydrogen-bond acceptors (Lipinski definition) is 9. The van der Waals surface area contributed by atoms with Crippen LogP contribution in [-0.2, 0) is 10.0 Å². The van der Waals surface area contributed by atoms with Gasteiger partial charge in [0, 0.05) is 17.1 Å². The number of hydrogen-bond donors (Lipinski definition) is 3. The molecule has 0 saturated heterocycles. The van der Waals surface area contributed by atoms with Crippen molar-refractivity contribution in [2.24, 2.45) is 5.84 Å². The minimum atomic E-state index is -3.93. The first-order valence-electron chi connectivity index (χ1n) is 5.03. The molecule has 0 radical (unpaired) electrons. The van der Waals surface area contributed by atoms with Gasteiger partial charge in [-0.15, -0.1) is 11.3 Å². The first-order chi connectivity index (χ1) is 9.33. The van der Waals surface area contributed by atoms with Crippen LogP contribution in [0, 0.1) is 17.0 Å². The Morgan fingerprint density at radius 2 is 2.15 bits per heavy atom. The molecule has 2 heterocycles. The molecular formula is C8H9N5O4S3. The third-order valence-corrected chi connectivity index (χ3v) is 5.95. The Balaban J connectivity index is 2.37. The van der Waals surface area contributed by atoms with E-state index in [1.54, 1.807) is 6.92 Å². The van der Waals surface area contributed by atoms with Gasteiger partial charge in [0.15, 0.2) is 10.1 Å². The van der Waals surface area contributed by atoms with Crippen LogP contribution in [0.3, 0.4) is 0 Å². The van der Waals surface area contributed by atoms with E-state index in [1.165, 1.54) is 6.20 Å². The summed E-state index contributed by atoms with van der Waals surface area (Å²) in [6.07, 6.45) is 1.52. The topological polar surface area (TPSA) is 140 Å². The number of aryl methyl sites for hydroxylation is 1. The number of hydrazine groups is 1. The van der Waals surface area contributed by atoms with Crippen molar-refractivity contribution in [3.8, 4) is 0 Å². The summed E-state index contributed by atoms with van der Waals surface area (Å²) in [5, 5.41) is 10.9. The SMILES string of the molecule is Cc1cnc(NS(=O)(=O)c2cc([N+](=O)[O-])c(NN)s2)s1. The molecule has 0 saturated carbocycles. The van der Waals surface area contributed by atoms with E-state index in [1.807, 2.05) is 0 Å². The molecule has 20 heavy (non-hydrogen) atoms. The molecule has 108 valence electrons. The second-order valence-electron chi connectivity index (χ2n) is 3.56. The largest absolute Gasteiger partial charge is 0.310 e. The highest BCUT2D eigenvalue weighted by Gasteiger charge is 2.26. The van der Waals surface area contributed by atoms with Gasteiger partial charge in [0.25, 0.3) is 10.0 Å². The lowest BCUT2D eigenvalue weighted by molar-refractivity contribution is -0.383. The standard InChI is InChI=1S/C8H9N5O4S3/c1-4-3-10-8(18-4)12-20(16,17)6-2-5(13(14)15)7(11-9)19-6/h2-3,11H,9H2,1H3,(H,10,12). The molecule has 0 aliphatic carbocycles. The van der Waals surface area contributed by atoms with E-state index in [2.05, 4.69) is 15.1 Å². The molecule has 0 amide bonds. The zero-order valence-corrected chi connectivity index (χ0v) is 12.4. The van der Waals surface area contributed by atoms with Gasteiger partial charge >= 0.3 is 5.69 Å². The molecule has 4 N–H and O–H groups in total. The van der Waals surface area contributed by atoms with Crippen LogP contribution in [0.15, 0.2) is 16.5 Å². The van der Waals surface area contributed by atoms with Crippen molar-refractivity contribution in [1.29, 1.82) is 0 Å². The van der Waals surface area contributed by atoms with Gasteiger partial charge in [-0.05, 0) is 6.92 Å². The summed E-state index contributed by atoms with van der Waals surface area (Å²) in [6.45, 7) is 1.78. The molecule has 0 aromatic carbocycles. The van der Waals surface area contributed by atoms with Crippen molar-refractivity contribution in [1.82, 2.24) is 4.98 Å². The van der Waals surface area contributed by atoms with Crippen molar-refractivity contribution in [2.75, 3.05) is 10.1 Å². The Morgan fingerprint density at radius 1 is 1.45 bits per heavy atom. The van der Waals surface area contributed by atoms with Crippen molar-refractivity contribution >= 4 is 48.5 Å². The van der Waals surface area contributed by atoms with Crippen LogP contribution in [0.25, 0.3) is 0 Å². The van der Waals surface area contributed by atoms with Crippen molar-refractivity contribution in [2.45, 2.75) is 11.1 Å². The van der Waals surface area contributed by atoms with Crippen molar-refractivity contribution < 1.29 is 13.3 Å². The van der Waals surface area contributed by atoms with Crippen LogP contribution < -0.4 is 16.0 Å². The monoisotopic (exact) mass is 335 g/mol. The predicted molar refractivity (Wildman–Crippen MR) is 76.4 cm³/mol. The summed E-state index contributed by atoms with van der Waals surface area (Å²) in [5.41, 5.74) is 1.71. The van der Waals surface area contributed by atoms with Crippen LogP contribution in [-0.4, -0.2) is 18.3 Å². The van der Waals surface area contributed by atoms with Gasteiger partial charge < -0.3 is 5.43 Å². The minimum Gasteiger partial charge on any atom is -0.310 e. The third-order valence-electron chi connectivity index (χ3n) is 2.13. The summed E-state index contributed by atoms with van der Waals surface area (Å²) in [7, 11) is -3.93. The molecule has 0 fully saturated rings. The number of aromatic nitrogens is 1. The second kappa shape index (κ2) is 5.32. The van der Waals surface area contributed by atoms with Crippen LogP contribution in [0.5, 0.6) is 0 Å². The number of thiophene rings is 1. The lowest BCUT2D eigenvalue weighted by Gasteiger charge is -2.00. The summed E-state index contributed by atoms with van der Waals surface area (Å²) in [4.78, 5) is 14.8. The fourth-order valence-corrected chi connectivity index (χ4v) is 4.44. The van der Waals surface area contributed by atoms with E-state index >= 15 is 0 Å². The maximum absolute atomic E-state index is 12.1. The first kappa shape index (κ1) is 14.6. The number of nitrogens with zero attached hydrogens (tertiary/aromatic N) is 2. The lowest BCUT2D eigenvalue weighted by atomic mass is 10.5. The number of anilines is 2. The number of nitrogen functional groups attached to an aromatic ring is 1. The summed E-state index contributed by atoms with van der Waals surface area (Å²) in [6, 6.07) is 0.947. The maximum Gasteiger partial charge on any atom is 0.306 e. The Hall–Kier alpha value is -1.76. The fraction of sp³-hybridized carbons (Fsp3) is 0.125. The van der Waals surface area contributed by atoms with Crippen LogP contribution >= 0.6 is 22.7 Å². The number of rotatable bonds is 5. The molecule has 0 aliphatic heterocycles. The van der Waals surface area contributed by atoms with Gasteiger partial charge in [0.05, 0.1) is 4.92 Å². The Labute approximate surface area is 121 Å². The van der Waals surface area contributed by atoms with Gasteiger partial charge in [-0.2, -0.15) is 0 Å². The van der Waals surface area contributed by atoms with Crippen molar-refractivity contribution in [3.05, 3.63) is 27.3 Å². The highest BCUT2D eigenvalue weighted by molar-refractivity contribution is 7.95. The van der Waals surface area contributed by atoms with Gasteiger partial charge in [-0.3, -0.25) is 14.8 Å². The first-order valence-corrected chi connectivity index (χ1v) is 8.15. The maximum atomic E-state index is 12.1. The van der Waals surface area contributed by atoms with E-state index in [0.29, 0.717) is 11.3 Å². The Bertz CT molecular complexity index is 750. The van der Waals surface area contributed by atoms with Crippen LogP contribution in [0.4, 0.5) is 15.8 Å². The summed E-state index contributed by atoms with van der Waals surface area (Å²) in [5.74, 6) is 5.13. The van der Waals surface area contributed by atoms with E-state index in [4.69, 9.17) is 5.84 Å². The number of nitrogens with one attached hydrogen (secondary N) is 2. The highest BCUT2D eigenvalue weighted by Crippen LogP contribution is 2.37. The molecule has 12 heteroatoms. The molecule has 0 aliphatic rings. The van der Waals surface area contributed by atoms with Crippen LogP contribution in [0.1, 0.15) is 4.88 Å². The van der Waals surface area contributed by atoms with Gasteiger partial charge in [0.1, 0.15) is 4.21 Å². The smallest absolute Gasteiger partial charge is 0.306 e. The fourth-order valence-electron chi connectivity index (χ4n) is 1.30. The number of thiazole rings is 1. The average molecular weight is 335 g/mol. The normalized spacial score (nSPS) is 11.3. The van der Waals surface area contributed by atoms with E-state index in [-0.39, 0.29) is 14.3 Å². The summed E-state index contributed by atoms with van der Waals surface area (Å²) >= 11 is 1.83. The van der Waals surface area contributed by atoms with Gasteiger partial charge in [-0.25, -0.2) is 19.2 Å². The molecule has 0 bridgehead atoms. The zero-order chi connectivity index (χ0) is 14.9. The third kappa shape index (κ3) is 2.87. The second-order valence-corrected chi connectivity index (χ2v) is 7.76. The quantitative estimate of drug-likeness (QED) is 0.427. The average Bonchev–Trinajstić information content (AvgIpc) is 2.95. The molecule has 9 nitrogen and oxygen atoms in total. The minimum absolute atomic E-state index is 0.0364. The molecular weight excluding hydrogens is 326 g/mol. The molecule has 0 spiro atoms. The van der Waals surface area contributed by atoms with Crippen molar-refractivity contribution in [3.63, 3.8) is 0 Å².